The van der Waals surface area contributed by atoms with Crippen molar-refractivity contribution >= 4 is 5.96 Å². The van der Waals surface area contributed by atoms with Gasteiger partial charge in [-0.15, -0.1) is 0 Å². The Labute approximate surface area is 164 Å². The van der Waals surface area contributed by atoms with Gasteiger partial charge in [0.2, 0.25) is 0 Å². The summed E-state index contributed by atoms with van der Waals surface area (Å²) in [5.74, 6) is 1.46. The Morgan fingerprint density at radius 3 is 2.41 bits per heavy atom. The summed E-state index contributed by atoms with van der Waals surface area (Å²) in [4.78, 5) is 4.74. The molecule has 0 radical (unpaired) electrons. The van der Waals surface area contributed by atoms with E-state index in [2.05, 4.69) is 67.7 Å². The average molecular weight is 370 g/mol. The molecule has 5 heteroatoms. The minimum atomic E-state index is 0.590. The lowest BCUT2D eigenvalue weighted by Gasteiger charge is -2.12. The number of benzene rings is 1. The molecule has 148 valence electrons. The summed E-state index contributed by atoms with van der Waals surface area (Å²) in [6.07, 6.45) is 2.15. The van der Waals surface area contributed by atoms with Gasteiger partial charge < -0.3 is 10.6 Å². The van der Waals surface area contributed by atoms with Gasteiger partial charge in [0.05, 0.1) is 12.2 Å². The summed E-state index contributed by atoms with van der Waals surface area (Å²) in [5.41, 5.74) is 6.24. The number of guanidine groups is 1. The first-order valence-electron chi connectivity index (χ1n) is 10.0. The Hall–Kier alpha value is -2.30. The molecule has 0 saturated carbocycles. The third-order valence-electron chi connectivity index (χ3n) is 4.98. The van der Waals surface area contributed by atoms with Crippen LogP contribution in [0, 0.1) is 13.8 Å². The van der Waals surface area contributed by atoms with Gasteiger partial charge in [0, 0.05) is 31.4 Å². The summed E-state index contributed by atoms with van der Waals surface area (Å²) in [5, 5.41) is 11.2. The lowest BCUT2D eigenvalue weighted by Crippen LogP contribution is -2.37. The molecular formula is C22H35N5. The third-order valence-corrected chi connectivity index (χ3v) is 4.98. The molecule has 1 aromatic carbocycles. The monoisotopic (exact) mass is 369 g/mol. The van der Waals surface area contributed by atoms with Crippen molar-refractivity contribution in [3.63, 3.8) is 0 Å². The average Bonchev–Trinajstić information content (AvgIpc) is 2.88. The molecule has 0 aliphatic rings. The summed E-state index contributed by atoms with van der Waals surface area (Å²) in [7, 11) is 1.98. The first kappa shape index (κ1) is 21.0. The van der Waals surface area contributed by atoms with E-state index in [9.17, 15) is 0 Å². The summed E-state index contributed by atoms with van der Waals surface area (Å²) >= 11 is 0. The maximum Gasteiger partial charge on any atom is 0.191 e. The zero-order valence-corrected chi connectivity index (χ0v) is 17.8. The molecule has 0 amide bonds. The van der Waals surface area contributed by atoms with Crippen LogP contribution in [-0.4, -0.2) is 28.8 Å². The molecule has 5 nitrogen and oxygen atoms in total. The number of hydrogen-bond acceptors (Lipinski definition) is 2. The summed E-state index contributed by atoms with van der Waals surface area (Å²) < 4.78 is 1.92. The van der Waals surface area contributed by atoms with Gasteiger partial charge in [0.1, 0.15) is 0 Å². The van der Waals surface area contributed by atoms with Gasteiger partial charge in [0.25, 0.3) is 0 Å². The van der Waals surface area contributed by atoms with Gasteiger partial charge in [-0.25, -0.2) is 4.99 Å². The van der Waals surface area contributed by atoms with Crippen LogP contribution in [0.25, 0.3) is 0 Å². The smallest absolute Gasteiger partial charge is 0.191 e. The number of nitrogens with one attached hydrogen (secondary N) is 2. The van der Waals surface area contributed by atoms with Crippen molar-refractivity contribution in [2.75, 3.05) is 13.1 Å². The lowest BCUT2D eigenvalue weighted by atomic mass is 10.0. The molecule has 1 aromatic heterocycles. The van der Waals surface area contributed by atoms with Crippen LogP contribution in [0.4, 0.5) is 0 Å². The second kappa shape index (κ2) is 10.1. The molecule has 1 heterocycles. The van der Waals surface area contributed by atoms with E-state index in [1.54, 1.807) is 0 Å². The van der Waals surface area contributed by atoms with E-state index < -0.39 is 0 Å². The number of nitrogens with zero attached hydrogens (tertiary/aromatic N) is 3. The standard InChI is InChI=1S/C22H35N5/c1-7-23-22(25-15-21-17(4)26-27(6)18(21)5)24-14-8-9-19-10-12-20(13-11-19)16(2)3/h10-13,16H,7-9,14-15H2,1-6H3,(H2,23,24,25). The van der Waals surface area contributed by atoms with Gasteiger partial charge in [0.15, 0.2) is 5.96 Å². The first-order chi connectivity index (χ1) is 12.9. The van der Waals surface area contributed by atoms with Gasteiger partial charge in [-0.2, -0.15) is 5.10 Å². The molecule has 0 saturated heterocycles. The fourth-order valence-corrected chi connectivity index (χ4v) is 3.11. The van der Waals surface area contributed by atoms with Crippen molar-refractivity contribution in [2.24, 2.45) is 12.0 Å². The SMILES string of the molecule is CCNC(=NCc1c(C)nn(C)c1C)NCCCc1ccc(C(C)C)cc1. The molecule has 2 rings (SSSR count). The Balaban J connectivity index is 1.85. The van der Waals surface area contributed by atoms with Crippen LogP contribution in [0.15, 0.2) is 29.3 Å². The van der Waals surface area contributed by atoms with Crippen molar-refractivity contribution in [3.05, 3.63) is 52.3 Å². The highest BCUT2D eigenvalue weighted by atomic mass is 15.3. The highest BCUT2D eigenvalue weighted by Gasteiger charge is 2.09. The van der Waals surface area contributed by atoms with E-state index in [-0.39, 0.29) is 0 Å². The maximum atomic E-state index is 4.74. The topological polar surface area (TPSA) is 54.2 Å². The maximum absolute atomic E-state index is 4.74. The van der Waals surface area contributed by atoms with Crippen LogP contribution in [0.5, 0.6) is 0 Å². The highest BCUT2D eigenvalue weighted by molar-refractivity contribution is 5.79. The van der Waals surface area contributed by atoms with Crippen molar-refractivity contribution in [2.45, 2.75) is 59.9 Å². The first-order valence-corrected chi connectivity index (χ1v) is 10.0. The van der Waals surface area contributed by atoms with E-state index in [4.69, 9.17) is 4.99 Å². The highest BCUT2D eigenvalue weighted by Crippen LogP contribution is 2.15. The number of aliphatic imine (C=N–C) groups is 1. The Morgan fingerprint density at radius 2 is 1.85 bits per heavy atom. The number of rotatable bonds is 8. The van der Waals surface area contributed by atoms with E-state index in [1.807, 2.05) is 18.7 Å². The Morgan fingerprint density at radius 1 is 1.15 bits per heavy atom. The second-order valence-electron chi connectivity index (χ2n) is 7.39. The number of hydrogen-bond donors (Lipinski definition) is 2. The van der Waals surface area contributed by atoms with Gasteiger partial charge in [-0.1, -0.05) is 38.1 Å². The third kappa shape index (κ3) is 6.12. The van der Waals surface area contributed by atoms with Crippen molar-refractivity contribution in [3.8, 4) is 0 Å². The van der Waals surface area contributed by atoms with Crippen LogP contribution in [-0.2, 0) is 20.0 Å². The molecule has 0 unspecified atom stereocenters. The normalized spacial score (nSPS) is 11.9. The predicted molar refractivity (Wildman–Crippen MR) is 114 cm³/mol. The molecule has 0 aliphatic heterocycles. The molecule has 0 aliphatic carbocycles. The molecule has 2 N–H and O–H groups in total. The molecule has 0 spiro atoms. The fourth-order valence-electron chi connectivity index (χ4n) is 3.11. The van der Waals surface area contributed by atoms with Gasteiger partial charge >= 0.3 is 0 Å². The molecule has 0 bridgehead atoms. The van der Waals surface area contributed by atoms with E-state index in [0.717, 1.165) is 37.6 Å². The molecule has 2 aromatic rings. The van der Waals surface area contributed by atoms with E-state index in [0.29, 0.717) is 12.5 Å². The molecular weight excluding hydrogens is 334 g/mol. The fraction of sp³-hybridized carbons (Fsp3) is 0.545. The van der Waals surface area contributed by atoms with E-state index in [1.165, 1.54) is 22.4 Å². The van der Waals surface area contributed by atoms with Crippen LogP contribution >= 0.6 is 0 Å². The minimum Gasteiger partial charge on any atom is -0.357 e. The molecule has 27 heavy (non-hydrogen) atoms. The Bertz CT molecular complexity index is 741. The summed E-state index contributed by atoms with van der Waals surface area (Å²) in [6.45, 7) is 13.1. The quantitative estimate of drug-likeness (QED) is 0.422. The lowest BCUT2D eigenvalue weighted by molar-refractivity contribution is 0.729. The largest absolute Gasteiger partial charge is 0.357 e. The second-order valence-corrected chi connectivity index (χ2v) is 7.39. The van der Waals surface area contributed by atoms with Crippen molar-refractivity contribution in [1.82, 2.24) is 20.4 Å². The van der Waals surface area contributed by atoms with Crippen molar-refractivity contribution < 1.29 is 0 Å². The Kier molecular flexibility index (Phi) is 7.89. The van der Waals surface area contributed by atoms with Gasteiger partial charge in [-0.05, 0) is 50.7 Å². The zero-order valence-electron chi connectivity index (χ0n) is 17.8. The number of aryl methyl sites for hydroxylation is 3. The van der Waals surface area contributed by atoms with E-state index >= 15 is 0 Å². The van der Waals surface area contributed by atoms with Crippen LogP contribution < -0.4 is 10.6 Å². The van der Waals surface area contributed by atoms with Crippen molar-refractivity contribution in [1.29, 1.82) is 0 Å². The van der Waals surface area contributed by atoms with Crippen LogP contribution in [0.1, 0.15) is 61.2 Å². The summed E-state index contributed by atoms with van der Waals surface area (Å²) in [6, 6.07) is 9.00. The minimum absolute atomic E-state index is 0.590. The van der Waals surface area contributed by atoms with Crippen LogP contribution in [0.3, 0.4) is 0 Å². The molecule has 0 atom stereocenters. The predicted octanol–water partition coefficient (Wildman–Crippen LogP) is 3.85. The zero-order chi connectivity index (χ0) is 19.8. The molecule has 0 fully saturated rings. The van der Waals surface area contributed by atoms with Crippen LogP contribution in [0.2, 0.25) is 0 Å². The van der Waals surface area contributed by atoms with Gasteiger partial charge in [-0.3, -0.25) is 4.68 Å². The number of aromatic nitrogens is 2.